The maximum atomic E-state index is 14.6. The van der Waals surface area contributed by atoms with Crippen LogP contribution in [0.25, 0.3) is 0 Å². The van der Waals surface area contributed by atoms with Crippen molar-refractivity contribution in [3.8, 4) is 17.2 Å². The number of urea groups is 2. The molecule has 0 spiro atoms. The minimum absolute atomic E-state index is 0.217. The molecule has 0 aliphatic carbocycles. The van der Waals surface area contributed by atoms with Crippen LogP contribution in [0.15, 0.2) is 54.6 Å². The zero-order valence-corrected chi connectivity index (χ0v) is 53.8. The fraction of sp³-hybridized carbons (Fsp3) is 0.712. The summed E-state index contributed by atoms with van der Waals surface area (Å²) in [4.78, 5) is 40.6. The predicted molar refractivity (Wildman–Crippen MR) is 353 cm³/mol. The van der Waals surface area contributed by atoms with Gasteiger partial charge in [0.05, 0.1) is 19.8 Å². The van der Waals surface area contributed by atoms with Gasteiger partial charge in [0.1, 0.15) is 0 Å². The summed E-state index contributed by atoms with van der Waals surface area (Å²) in [6.45, 7) is 9.56. The summed E-state index contributed by atoms with van der Waals surface area (Å²) in [5, 5.41) is 15.0. The van der Waals surface area contributed by atoms with E-state index in [0.717, 1.165) is 60.8 Å². The van der Waals surface area contributed by atoms with Crippen molar-refractivity contribution < 1.29 is 28.6 Å². The highest BCUT2D eigenvalue weighted by molar-refractivity contribution is 6.05. The molecular weight excluding hydrogens is 1040 g/mol. The van der Waals surface area contributed by atoms with E-state index in [4.69, 9.17) is 14.2 Å². The number of unbranched alkanes of at least 4 members (excludes halogenated alkanes) is 39. The Labute approximate surface area is 512 Å². The zero-order chi connectivity index (χ0) is 59.6. The highest BCUT2D eigenvalue weighted by Gasteiger charge is 2.21. The first-order chi connectivity index (χ1) is 41.4. The van der Waals surface area contributed by atoms with Crippen molar-refractivity contribution in [3.05, 3.63) is 82.4 Å². The van der Waals surface area contributed by atoms with E-state index in [0.29, 0.717) is 61.4 Å². The van der Waals surface area contributed by atoms with Gasteiger partial charge in [-0.1, -0.05) is 302 Å². The summed E-state index contributed by atoms with van der Waals surface area (Å²) in [5.41, 5.74) is 4.36. The van der Waals surface area contributed by atoms with Crippen molar-refractivity contribution in [2.75, 3.05) is 25.1 Å². The molecular formula is C73H121N5O6. The first kappa shape index (κ1) is 71.6. The van der Waals surface area contributed by atoms with E-state index in [1.54, 1.807) is 0 Å². The first-order valence-electron chi connectivity index (χ1n) is 35.0. The molecule has 1 aliphatic heterocycles. The summed E-state index contributed by atoms with van der Waals surface area (Å²) in [5.74, 6) is 1.34. The summed E-state index contributed by atoms with van der Waals surface area (Å²) in [6, 6.07) is 16.5. The Balaban J connectivity index is 1.44. The Hall–Kier alpha value is -4.93. The number of amides is 5. The Morgan fingerprint density at radius 3 is 0.952 bits per heavy atom. The van der Waals surface area contributed by atoms with Crippen LogP contribution in [0.3, 0.4) is 0 Å². The number of ether oxygens (including phenoxy) is 3. The molecule has 474 valence electrons. The fourth-order valence-electron chi connectivity index (χ4n) is 11.4. The fourth-order valence-corrected chi connectivity index (χ4v) is 11.4. The molecule has 0 saturated heterocycles. The van der Waals surface area contributed by atoms with Crippen molar-refractivity contribution in [1.82, 2.24) is 21.3 Å². The lowest BCUT2D eigenvalue weighted by Crippen LogP contribution is -2.35. The Bertz CT molecular complexity index is 2040. The van der Waals surface area contributed by atoms with E-state index >= 15 is 0 Å². The van der Waals surface area contributed by atoms with E-state index in [9.17, 15) is 14.4 Å². The van der Waals surface area contributed by atoms with Crippen LogP contribution in [-0.4, -0.2) is 37.8 Å². The minimum Gasteiger partial charge on any atom is -0.490 e. The van der Waals surface area contributed by atoms with Gasteiger partial charge in [-0.25, -0.2) is 9.59 Å². The van der Waals surface area contributed by atoms with Crippen molar-refractivity contribution in [1.29, 1.82) is 0 Å². The molecule has 4 bridgehead atoms. The molecule has 0 atom stereocenters. The normalized spacial score (nSPS) is 12.8. The molecule has 1 aliphatic rings. The Morgan fingerprint density at radius 2 is 0.631 bits per heavy atom. The topological polar surface area (TPSA) is 139 Å². The number of fused-ring (bicyclic) bond motifs is 4. The molecule has 0 saturated carbocycles. The van der Waals surface area contributed by atoms with Crippen molar-refractivity contribution in [3.63, 3.8) is 0 Å². The molecule has 0 unspecified atom stereocenters. The van der Waals surface area contributed by atoms with Gasteiger partial charge in [-0.2, -0.15) is 0 Å². The zero-order valence-electron chi connectivity index (χ0n) is 53.8. The van der Waals surface area contributed by atoms with Crippen LogP contribution in [-0.2, 0) is 26.2 Å². The van der Waals surface area contributed by atoms with Gasteiger partial charge in [0.2, 0.25) is 5.75 Å². The quantitative estimate of drug-likeness (QED) is 0.0357. The van der Waals surface area contributed by atoms with E-state index in [-0.39, 0.29) is 31.1 Å². The average Bonchev–Trinajstić information content (AvgIpc) is 3.39. The smallest absolute Gasteiger partial charge is 0.315 e. The lowest BCUT2D eigenvalue weighted by Gasteiger charge is -2.19. The molecule has 3 aromatic carbocycles. The molecule has 5 amide bonds. The summed E-state index contributed by atoms with van der Waals surface area (Å²) in [6.07, 6.45) is 54.2. The summed E-state index contributed by atoms with van der Waals surface area (Å²) >= 11 is 0. The molecule has 3 aromatic rings. The molecule has 0 radical (unpaired) electrons. The van der Waals surface area contributed by atoms with Crippen molar-refractivity contribution in [2.45, 2.75) is 317 Å². The number of benzene rings is 3. The number of rotatable bonds is 50. The van der Waals surface area contributed by atoms with E-state index < -0.39 is 0 Å². The van der Waals surface area contributed by atoms with Crippen LogP contribution in [0, 0.1) is 0 Å². The second-order valence-electron chi connectivity index (χ2n) is 24.5. The highest BCUT2D eigenvalue weighted by atomic mass is 16.5. The third-order valence-electron chi connectivity index (χ3n) is 16.7. The molecule has 11 heteroatoms. The second-order valence-corrected chi connectivity index (χ2v) is 24.5. The van der Waals surface area contributed by atoms with Gasteiger partial charge in [-0.3, -0.25) is 4.79 Å². The monoisotopic (exact) mass is 1160 g/mol. The number of hydrogen-bond acceptors (Lipinski definition) is 6. The number of nitrogens with one attached hydrogen (secondary N) is 5. The molecule has 0 fully saturated rings. The maximum absolute atomic E-state index is 14.6. The molecule has 1 heterocycles. The number of anilines is 1. The van der Waals surface area contributed by atoms with Crippen molar-refractivity contribution in [2.24, 2.45) is 0 Å². The molecule has 11 nitrogen and oxygen atoms in total. The SMILES string of the molecule is CCCCCCCCCCCCCCCCOc1cc(C(=O)Nc2cc3cc(c2)CNC(=O)NCc2cccc(c2)CNC(=O)NC3)cc(OCCCCCCCCCCCCCCCC)c1OCCCCCCCCCCCCCCCC. The average molecular weight is 1160 g/mol. The molecule has 0 aromatic heterocycles. The third-order valence-corrected chi connectivity index (χ3v) is 16.7. The van der Waals surface area contributed by atoms with Crippen LogP contribution >= 0.6 is 0 Å². The van der Waals surface area contributed by atoms with Gasteiger partial charge in [-0.05, 0) is 65.8 Å². The van der Waals surface area contributed by atoms with E-state index in [1.807, 2.05) is 54.6 Å². The Kier molecular flexibility index (Phi) is 41.9. The largest absolute Gasteiger partial charge is 0.490 e. The summed E-state index contributed by atoms with van der Waals surface area (Å²) < 4.78 is 20.0. The third kappa shape index (κ3) is 35.5. The van der Waals surface area contributed by atoms with Gasteiger partial charge < -0.3 is 40.8 Å². The molecule has 5 N–H and O–H groups in total. The molecule has 84 heavy (non-hydrogen) atoms. The van der Waals surface area contributed by atoms with Gasteiger partial charge in [0.15, 0.2) is 11.5 Å². The predicted octanol–water partition coefficient (Wildman–Crippen LogP) is 20.8. The van der Waals surface area contributed by atoms with Crippen LogP contribution < -0.4 is 40.8 Å². The lowest BCUT2D eigenvalue weighted by molar-refractivity contribution is 0.102. The van der Waals surface area contributed by atoms with Gasteiger partial charge in [0.25, 0.3) is 5.91 Å². The van der Waals surface area contributed by atoms with Gasteiger partial charge >= 0.3 is 12.1 Å². The van der Waals surface area contributed by atoms with Crippen LogP contribution in [0.4, 0.5) is 15.3 Å². The minimum atomic E-state index is -0.320. The van der Waals surface area contributed by atoms with Gasteiger partial charge in [-0.15, -0.1) is 0 Å². The van der Waals surface area contributed by atoms with Crippen molar-refractivity contribution >= 4 is 23.7 Å². The Morgan fingerprint density at radius 1 is 0.357 bits per heavy atom. The maximum Gasteiger partial charge on any atom is 0.315 e. The standard InChI is InChI=1S/C73H121N5O6/c1-4-7-10-13-16-19-22-25-28-31-34-37-40-43-49-82-68-56-66(71(79)78-67-54-64-53-65(55-67)61-77-73(81)75-59-63-48-46-47-62(52-63)58-74-72(80)76-60-64)57-69(83-50-44-41-38-35-32-29-26-23-20-17-14-11-8-5-2)70(68)84-51-45-42-39-36-33-30-27-24-21-18-15-12-9-6-3/h46-48,52-57H,4-45,49-51,58-61H2,1-3H3,(H,78,79)(H2,74,76,80)(H2,75,77,81). The van der Waals surface area contributed by atoms with E-state index in [1.165, 1.54) is 231 Å². The van der Waals surface area contributed by atoms with Crippen LogP contribution in [0.2, 0.25) is 0 Å². The van der Waals surface area contributed by atoms with Crippen LogP contribution in [0.5, 0.6) is 17.2 Å². The van der Waals surface area contributed by atoms with Crippen LogP contribution in [0.1, 0.15) is 323 Å². The lowest BCUT2D eigenvalue weighted by atomic mass is 10.0. The number of hydrogen-bond donors (Lipinski definition) is 5. The molecule has 4 rings (SSSR count). The highest BCUT2D eigenvalue weighted by Crippen LogP contribution is 2.40. The number of carbonyl (C=O) groups excluding carboxylic acids is 3. The summed E-state index contributed by atoms with van der Waals surface area (Å²) in [7, 11) is 0. The van der Waals surface area contributed by atoms with E-state index in [2.05, 4.69) is 47.4 Å². The van der Waals surface area contributed by atoms with Gasteiger partial charge in [0, 0.05) is 37.4 Å². The number of carbonyl (C=O) groups is 3. The first-order valence-corrected chi connectivity index (χ1v) is 35.0. The second kappa shape index (κ2) is 49.2.